The zero-order chi connectivity index (χ0) is 12.7. The Morgan fingerprint density at radius 2 is 1.69 bits per heavy atom. The molecule has 2 amide bonds. The topological polar surface area (TPSA) is 116 Å². The van der Waals surface area contributed by atoms with Crippen molar-refractivity contribution >= 4 is 33.7 Å². The van der Waals surface area contributed by atoms with Crippen LogP contribution in [-0.4, -0.2) is 54.3 Å². The molecule has 8 heteroatoms. The van der Waals surface area contributed by atoms with Gasteiger partial charge in [-0.05, 0) is 0 Å². The predicted octanol–water partition coefficient (Wildman–Crippen LogP) is -1.80. The highest BCUT2D eigenvalue weighted by molar-refractivity contribution is 9.10. The molecule has 16 heavy (non-hydrogen) atoms. The van der Waals surface area contributed by atoms with Gasteiger partial charge in [-0.1, -0.05) is 15.9 Å². The number of esters is 1. The first-order valence-corrected chi connectivity index (χ1v) is 5.29. The maximum Gasteiger partial charge on any atom is 0.320 e. The van der Waals surface area contributed by atoms with E-state index in [2.05, 4.69) is 20.7 Å². The Morgan fingerprint density at radius 3 is 2.00 bits per heavy atom. The lowest BCUT2D eigenvalue weighted by molar-refractivity contribution is -0.140. The SMILES string of the molecule is COC(=O)C(Br)CN(CC(N)=O)CC(N)=O. The number of amides is 2. The number of hydrogen-bond acceptors (Lipinski definition) is 5. The normalized spacial score (nSPS) is 12.2. The van der Waals surface area contributed by atoms with Crippen molar-refractivity contribution in [1.82, 2.24) is 4.90 Å². The van der Waals surface area contributed by atoms with Crippen LogP contribution in [0.25, 0.3) is 0 Å². The Hall–Kier alpha value is -1.15. The summed E-state index contributed by atoms with van der Waals surface area (Å²) in [5.74, 6) is -1.71. The maximum absolute atomic E-state index is 11.1. The largest absolute Gasteiger partial charge is 0.468 e. The number of ether oxygens (including phenoxy) is 1. The minimum atomic E-state index is -0.642. The van der Waals surface area contributed by atoms with Gasteiger partial charge in [0.2, 0.25) is 11.8 Å². The maximum atomic E-state index is 11.1. The molecule has 7 nitrogen and oxygen atoms in total. The van der Waals surface area contributed by atoms with E-state index in [0.29, 0.717) is 0 Å². The average molecular weight is 296 g/mol. The average Bonchev–Trinajstić information content (AvgIpc) is 2.14. The van der Waals surface area contributed by atoms with Crippen LogP contribution in [0.4, 0.5) is 0 Å². The van der Waals surface area contributed by atoms with Gasteiger partial charge in [-0.3, -0.25) is 19.3 Å². The summed E-state index contributed by atoms with van der Waals surface area (Å²) in [6, 6.07) is 0. The van der Waals surface area contributed by atoms with Crippen LogP contribution in [0.3, 0.4) is 0 Å². The van der Waals surface area contributed by atoms with Gasteiger partial charge in [-0.2, -0.15) is 0 Å². The monoisotopic (exact) mass is 295 g/mol. The molecule has 1 unspecified atom stereocenters. The van der Waals surface area contributed by atoms with E-state index in [1.165, 1.54) is 12.0 Å². The lowest BCUT2D eigenvalue weighted by atomic mass is 10.3. The summed E-state index contributed by atoms with van der Waals surface area (Å²) in [6.07, 6.45) is 0. The van der Waals surface area contributed by atoms with Crippen LogP contribution < -0.4 is 11.5 Å². The number of nitrogens with two attached hydrogens (primary N) is 2. The number of carbonyl (C=O) groups is 3. The highest BCUT2D eigenvalue weighted by Gasteiger charge is 2.21. The molecule has 0 fully saturated rings. The highest BCUT2D eigenvalue weighted by atomic mass is 79.9. The summed E-state index contributed by atoms with van der Waals surface area (Å²) in [4.78, 5) is 33.2. The van der Waals surface area contributed by atoms with Crippen molar-refractivity contribution in [3.05, 3.63) is 0 Å². The number of nitrogens with zero attached hydrogens (tertiary/aromatic N) is 1. The fraction of sp³-hybridized carbons (Fsp3) is 0.625. The van der Waals surface area contributed by atoms with E-state index in [-0.39, 0.29) is 19.6 Å². The van der Waals surface area contributed by atoms with Crippen LogP contribution in [0.15, 0.2) is 0 Å². The molecule has 92 valence electrons. The number of alkyl halides is 1. The van der Waals surface area contributed by atoms with Crippen LogP contribution in [0.1, 0.15) is 0 Å². The molecular weight excluding hydrogens is 282 g/mol. The van der Waals surface area contributed by atoms with Gasteiger partial charge >= 0.3 is 5.97 Å². The molecule has 0 aromatic carbocycles. The third-order valence-electron chi connectivity index (χ3n) is 1.63. The molecule has 0 radical (unpaired) electrons. The van der Waals surface area contributed by atoms with Gasteiger partial charge in [0.15, 0.2) is 0 Å². The van der Waals surface area contributed by atoms with Crippen LogP contribution >= 0.6 is 15.9 Å². The number of primary amides is 2. The Labute approximate surface area is 101 Å². The minimum Gasteiger partial charge on any atom is -0.468 e. The van der Waals surface area contributed by atoms with Crippen molar-refractivity contribution in [3.8, 4) is 0 Å². The summed E-state index contributed by atoms with van der Waals surface area (Å²) < 4.78 is 4.48. The van der Waals surface area contributed by atoms with E-state index in [0.717, 1.165) is 0 Å². The summed E-state index contributed by atoms with van der Waals surface area (Å²) in [7, 11) is 1.24. The quantitative estimate of drug-likeness (QED) is 0.424. The molecular formula is C8H14BrN3O4. The molecule has 4 N–H and O–H groups in total. The van der Waals surface area contributed by atoms with Gasteiger partial charge in [-0.25, -0.2) is 0 Å². The molecule has 0 aliphatic heterocycles. The van der Waals surface area contributed by atoms with Gasteiger partial charge in [0.05, 0.1) is 20.2 Å². The second-order valence-corrected chi connectivity index (χ2v) is 4.20. The summed E-state index contributed by atoms with van der Waals surface area (Å²) >= 11 is 3.06. The van der Waals surface area contributed by atoms with Crippen LogP contribution in [0, 0.1) is 0 Å². The van der Waals surface area contributed by atoms with Crippen molar-refractivity contribution in [3.63, 3.8) is 0 Å². The number of hydrogen-bond donors (Lipinski definition) is 2. The predicted molar refractivity (Wildman–Crippen MR) is 59.6 cm³/mol. The third-order valence-corrected chi connectivity index (χ3v) is 2.30. The molecule has 0 rings (SSSR count). The minimum absolute atomic E-state index is 0.110. The molecule has 0 aliphatic rings. The molecule has 0 saturated heterocycles. The fourth-order valence-corrected chi connectivity index (χ4v) is 1.65. The molecule has 0 aromatic heterocycles. The standard InChI is InChI=1S/C8H14BrN3O4/c1-16-8(15)5(9)2-12(3-6(10)13)4-7(11)14/h5H,2-4H2,1H3,(H2,10,13)(H2,11,14). The molecule has 0 heterocycles. The second-order valence-electron chi connectivity index (χ2n) is 3.09. The van der Waals surface area contributed by atoms with Gasteiger partial charge in [-0.15, -0.1) is 0 Å². The van der Waals surface area contributed by atoms with Crippen LogP contribution in [-0.2, 0) is 19.1 Å². The van der Waals surface area contributed by atoms with Crippen LogP contribution in [0.2, 0.25) is 0 Å². The van der Waals surface area contributed by atoms with Crippen molar-refractivity contribution < 1.29 is 19.1 Å². The van der Waals surface area contributed by atoms with E-state index < -0.39 is 22.6 Å². The lowest BCUT2D eigenvalue weighted by Gasteiger charge is -2.20. The van der Waals surface area contributed by atoms with E-state index in [1.807, 2.05) is 0 Å². The molecule has 1 atom stereocenters. The van der Waals surface area contributed by atoms with Gasteiger partial charge in [0, 0.05) is 6.54 Å². The van der Waals surface area contributed by atoms with E-state index >= 15 is 0 Å². The second kappa shape index (κ2) is 7.18. The first kappa shape index (κ1) is 14.8. The van der Waals surface area contributed by atoms with Crippen molar-refractivity contribution in [1.29, 1.82) is 0 Å². The Bertz CT molecular complexity index is 268. The molecule has 0 saturated carbocycles. The summed E-state index contributed by atoms with van der Waals surface area (Å²) in [5.41, 5.74) is 9.98. The smallest absolute Gasteiger partial charge is 0.320 e. The Morgan fingerprint density at radius 1 is 1.25 bits per heavy atom. The zero-order valence-corrected chi connectivity index (χ0v) is 10.4. The zero-order valence-electron chi connectivity index (χ0n) is 8.81. The van der Waals surface area contributed by atoms with Crippen molar-refractivity contribution in [2.45, 2.75) is 4.83 Å². The molecule has 0 aromatic rings. The Kier molecular flexibility index (Phi) is 6.66. The van der Waals surface area contributed by atoms with Crippen LogP contribution in [0.5, 0.6) is 0 Å². The van der Waals surface area contributed by atoms with E-state index in [4.69, 9.17) is 11.5 Å². The lowest BCUT2D eigenvalue weighted by Crippen LogP contribution is -2.43. The first-order valence-electron chi connectivity index (χ1n) is 4.37. The number of methoxy groups -OCH3 is 1. The van der Waals surface area contributed by atoms with Gasteiger partial charge < -0.3 is 16.2 Å². The van der Waals surface area contributed by atoms with E-state index in [9.17, 15) is 14.4 Å². The molecule has 0 aliphatic carbocycles. The number of carbonyl (C=O) groups excluding carboxylic acids is 3. The van der Waals surface area contributed by atoms with E-state index in [1.54, 1.807) is 0 Å². The summed E-state index contributed by atoms with van der Waals surface area (Å²) in [6.45, 7) is -0.192. The Balaban J connectivity index is 4.34. The molecule has 0 bridgehead atoms. The number of halogens is 1. The number of rotatable bonds is 7. The summed E-state index contributed by atoms with van der Waals surface area (Å²) in [5, 5.41) is 0. The third kappa shape index (κ3) is 6.36. The highest BCUT2D eigenvalue weighted by Crippen LogP contribution is 2.04. The first-order chi connectivity index (χ1) is 7.36. The van der Waals surface area contributed by atoms with Crippen molar-refractivity contribution in [2.24, 2.45) is 11.5 Å². The van der Waals surface area contributed by atoms with Gasteiger partial charge in [0.25, 0.3) is 0 Å². The fourth-order valence-electron chi connectivity index (χ4n) is 1.05. The molecule has 0 spiro atoms. The van der Waals surface area contributed by atoms with Gasteiger partial charge in [0.1, 0.15) is 4.83 Å². The van der Waals surface area contributed by atoms with Crippen molar-refractivity contribution in [2.75, 3.05) is 26.7 Å².